The molecule has 0 saturated heterocycles. The molecule has 0 aliphatic heterocycles. The molecule has 0 radical (unpaired) electrons. The molecule has 0 fully saturated rings. The second-order valence-corrected chi connectivity index (χ2v) is 32.3. The van der Waals surface area contributed by atoms with E-state index in [1.54, 1.807) is 0 Å². The molecule has 19 heteroatoms. The zero-order valence-corrected chi connectivity index (χ0v) is 64.8. The molecule has 0 heterocycles. The predicted octanol–water partition coefficient (Wildman–Crippen LogP) is 22.4. The first-order chi connectivity index (χ1) is 46.1. The molecular formula is C77H150O17P2. The summed E-state index contributed by atoms with van der Waals surface area (Å²) < 4.78 is 68.5. The Morgan fingerprint density at radius 1 is 0.292 bits per heavy atom. The van der Waals surface area contributed by atoms with E-state index in [9.17, 15) is 43.2 Å². The quantitative estimate of drug-likeness (QED) is 0.0222. The minimum absolute atomic E-state index is 0.105. The Morgan fingerprint density at radius 2 is 0.500 bits per heavy atom. The minimum atomic E-state index is -4.96. The molecule has 96 heavy (non-hydrogen) atoms. The van der Waals surface area contributed by atoms with Crippen LogP contribution >= 0.6 is 15.6 Å². The summed E-state index contributed by atoms with van der Waals surface area (Å²) in [7, 11) is -9.91. The molecule has 0 aliphatic carbocycles. The molecule has 0 aliphatic rings. The van der Waals surface area contributed by atoms with Gasteiger partial charge in [0.05, 0.1) is 26.4 Å². The van der Waals surface area contributed by atoms with Gasteiger partial charge in [-0.25, -0.2) is 9.13 Å². The van der Waals surface area contributed by atoms with Crippen LogP contribution in [0.15, 0.2) is 0 Å². The van der Waals surface area contributed by atoms with Gasteiger partial charge in [0.25, 0.3) is 0 Å². The second-order valence-electron chi connectivity index (χ2n) is 29.4. The maximum Gasteiger partial charge on any atom is 0.472 e. The lowest BCUT2D eigenvalue weighted by Crippen LogP contribution is -2.30. The number of unbranched alkanes of at least 4 members (excludes halogenated alkanes) is 39. The van der Waals surface area contributed by atoms with Gasteiger partial charge in [-0.3, -0.25) is 37.3 Å². The van der Waals surface area contributed by atoms with Crippen molar-refractivity contribution in [2.75, 3.05) is 39.6 Å². The minimum Gasteiger partial charge on any atom is -0.462 e. The predicted molar refractivity (Wildman–Crippen MR) is 391 cm³/mol. The molecule has 0 bridgehead atoms. The van der Waals surface area contributed by atoms with Crippen molar-refractivity contribution in [2.24, 2.45) is 23.7 Å². The number of carbonyl (C=O) groups is 4. The van der Waals surface area contributed by atoms with Crippen LogP contribution in [0, 0.1) is 23.7 Å². The summed E-state index contributed by atoms with van der Waals surface area (Å²) >= 11 is 0. The van der Waals surface area contributed by atoms with Crippen LogP contribution in [0.4, 0.5) is 0 Å². The summed E-state index contributed by atoms with van der Waals surface area (Å²) in [5, 5.41) is 10.6. The number of phosphoric acid groups is 2. The number of esters is 4. The molecule has 0 saturated carbocycles. The van der Waals surface area contributed by atoms with Gasteiger partial charge < -0.3 is 33.8 Å². The molecule has 0 aromatic carbocycles. The van der Waals surface area contributed by atoms with E-state index in [0.29, 0.717) is 25.7 Å². The molecule has 0 spiro atoms. The van der Waals surface area contributed by atoms with E-state index in [-0.39, 0.29) is 25.7 Å². The third-order valence-corrected chi connectivity index (χ3v) is 20.1. The number of aliphatic hydroxyl groups is 1. The molecule has 570 valence electrons. The number of hydrogen-bond donors (Lipinski definition) is 3. The average molecular weight is 1410 g/mol. The van der Waals surface area contributed by atoms with Gasteiger partial charge in [-0.1, -0.05) is 338 Å². The molecule has 17 nitrogen and oxygen atoms in total. The normalized spacial score (nSPS) is 14.4. The highest BCUT2D eigenvalue weighted by atomic mass is 31.2. The summed E-state index contributed by atoms with van der Waals surface area (Å²) in [6, 6.07) is 0. The number of rotatable bonds is 74. The maximum absolute atomic E-state index is 13.1. The Bertz CT molecular complexity index is 1890. The van der Waals surface area contributed by atoms with Crippen molar-refractivity contribution < 1.29 is 80.2 Å². The van der Waals surface area contributed by atoms with E-state index in [1.165, 1.54) is 186 Å². The third kappa shape index (κ3) is 69.2. The lowest BCUT2D eigenvalue weighted by atomic mass is 10.00. The monoisotopic (exact) mass is 1410 g/mol. The van der Waals surface area contributed by atoms with Crippen molar-refractivity contribution in [2.45, 2.75) is 408 Å². The molecule has 0 rings (SSSR count). The van der Waals surface area contributed by atoms with Crippen LogP contribution in [0.2, 0.25) is 0 Å². The van der Waals surface area contributed by atoms with Crippen LogP contribution in [0.1, 0.15) is 389 Å². The van der Waals surface area contributed by atoms with Gasteiger partial charge in [-0.15, -0.1) is 0 Å². The fourth-order valence-corrected chi connectivity index (χ4v) is 13.3. The van der Waals surface area contributed by atoms with Crippen molar-refractivity contribution in [1.29, 1.82) is 0 Å². The third-order valence-electron chi connectivity index (χ3n) is 18.2. The average Bonchev–Trinajstić information content (AvgIpc) is 2.76. The maximum atomic E-state index is 13.1. The first kappa shape index (κ1) is 94.1. The van der Waals surface area contributed by atoms with E-state index in [1.807, 2.05) is 0 Å². The summed E-state index contributed by atoms with van der Waals surface area (Å²) in [6.45, 7) is 14.2. The standard InChI is InChI=1S/C77H150O17P2/c1-9-70(8)56-48-40-35-36-42-50-58-75(80)88-64-73(94-76(81)59-51-43-33-27-21-17-16-19-24-30-38-46-54-68(4)5)66-92-96(85,86)90-62-71(78)61-89-95(83,84)91-65-72(93-77(82)60-52-44-34-28-22-25-31-39-47-55-69(6)7)63-87-74(79)57-49-41-32-26-20-15-13-11-10-12-14-18-23-29-37-45-53-67(2)3/h67-73,78H,9-66H2,1-8H3,(H,83,84)(H,85,86)/t70?,71-,72-,73-/m1/s1. The van der Waals surface area contributed by atoms with Gasteiger partial charge in [0.1, 0.15) is 19.3 Å². The van der Waals surface area contributed by atoms with E-state index >= 15 is 0 Å². The summed E-state index contributed by atoms with van der Waals surface area (Å²) in [5.41, 5.74) is 0. The van der Waals surface area contributed by atoms with E-state index in [2.05, 4.69) is 55.4 Å². The number of hydrogen-bond acceptors (Lipinski definition) is 15. The van der Waals surface area contributed by atoms with Crippen molar-refractivity contribution in [3.63, 3.8) is 0 Å². The van der Waals surface area contributed by atoms with E-state index in [4.69, 9.17) is 37.0 Å². The van der Waals surface area contributed by atoms with Gasteiger partial charge in [0.15, 0.2) is 12.2 Å². The lowest BCUT2D eigenvalue weighted by molar-refractivity contribution is -0.161. The first-order valence-corrected chi connectivity index (χ1v) is 42.7. The van der Waals surface area contributed by atoms with Crippen LogP contribution < -0.4 is 0 Å². The van der Waals surface area contributed by atoms with Crippen molar-refractivity contribution in [3.8, 4) is 0 Å². The largest absolute Gasteiger partial charge is 0.472 e. The highest BCUT2D eigenvalue weighted by Crippen LogP contribution is 2.45. The van der Waals surface area contributed by atoms with Gasteiger partial charge in [-0.05, 0) is 49.4 Å². The first-order valence-electron chi connectivity index (χ1n) is 39.7. The fraction of sp³-hybridized carbons (Fsp3) is 0.948. The fourth-order valence-electron chi connectivity index (χ4n) is 11.7. The van der Waals surface area contributed by atoms with Crippen LogP contribution in [-0.2, 0) is 65.4 Å². The summed E-state index contributed by atoms with van der Waals surface area (Å²) in [6.07, 6.45) is 51.4. The zero-order valence-electron chi connectivity index (χ0n) is 63.0. The highest BCUT2D eigenvalue weighted by molar-refractivity contribution is 7.47. The summed E-state index contributed by atoms with van der Waals surface area (Å²) in [4.78, 5) is 72.8. The topological polar surface area (TPSA) is 237 Å². The smallest absolute Gasteiger partial charge is 0.462 e. The van der Waals surface area contributed by atoms with Crippen LogP contribution in [0.25, 0.3) is 0 Å². The lowest BCUT2D eigenvalue weighted by Gasteiger charge is -2.21. The Labute approximate surface area is 588 Å². The molecule has 0 aromatic rings. The van der Waals surface area contributed by atoms with Crippen LogP contribution in [0.3, 0.4) is 0 Å². The second kappa shape index (κ2) is 66.3. The van der Waals surface area contributed by atoms with Crippen LogP contribution in [-0.4, -0.2) is 96.7 Å². The molecule has 3 unspecified atom stereocenters. The van der Waals surface area contributed by atoms with E-state index < -0.39 is 97.5 Å². The van der Waals surface area contributed by atoms with Crippen molar-refractivity contribution in [3.05, 3.63) is 0 Å². The number of ether oxygens (including phenoxy) is 4. The van der Waals surface area contributed by atoms with Gasteiger partial charge >= 0.3 is 39.5 Å². The van der Waals surface area contributed by atoms with E-state index in [0.717, 1.165) is 120 Å². The Morgan fingerprint density at radius 3 is 0.740 bits per heavy atom. The van der Waals surface area contributed by atoms with Crippen molar-refractivity contribution >= 4 is 39.5 Å². The number of phosphoric ester groups is 2. The SMILES string of the molecule is CCC(C)CCCCCCCCC(=O)OC[C@H](COP(=O)(O)OC[C@H](O)COP(=O)(O)OC[C@@H](COC(=O)CCCCCCCCCCCCCCCCCCC(C)C)OC(=O)CCCCCCCCCCCC(C)C)OC(=O)CCCCCCCCCCCCCCC(C)C. The van der Waals surface area contributed by atoms with Crippen molar-refractivity contribution in [1.82, 2.24) is 0 Å². The number of aliphatic hydroxyl groups excluding tert-OH is 1. The van der Waals surface area contributed by atoms with Crippen LogP contribution in [0.5, 0.6) is 0 Å². The molecule has 0 amide bonds. The molecular weight excluding hydrogens is 1260 g/mol. The zero-order chi connectivity index (χ0) is 71.0. The molecule has 0 aromatic heterocycles. The Kier molecular flexibility index (Phi) is 65.0. The Balaban J connectivity index is 5.21. The van der Waals surface area contributed by atoms with Gasteiger partial charge in [0, 0.05) is 25.7 Å². The molecule has 6 atom stereocenters. The number of carbonyl (C=O) groups excluding carboxylic acids is 4. The highest BCUT2D eigenvalue weighted by Gasteiger charge is 2.30. The van der Waals surface area contributed by atoms with Gasteiger partial charge in [0.2, 0.25) is 0 Å². The van der Waals surface area contributed by atoms with Gasteiger partial charge in [-0.2, -0.15) is 0 Å². The Hall–Kier alpha value is -1.94. The molecule has 3 N–H and O–H groups in total. The summed E-state index contributed by atoms with van der Waals surface area (Å²) in [5.74, 6) is 0.935.